The lowest BCUT2D eigenvalue weighted by atomic mass is 9.85. The molecule has 2 rings (SSSR count). The fourth-order valence-corrected chi connectivity index (χ4v) is 3.53. The SMILES string of the molecule is CCc1ccc(OCC2NC(C(=O)O)CS2)c(C(C)(C)C)c1. The van der Waals surface area contributed by atoms with E-state index in [1.807, 2.05) is 6.07 Å². The number of aliphatic carboxylic acids is 1. The molecule has 1 fully saturated rings. The monoisotopic (exact) mass is 323 g/mol. The molecule has 1 aromatic carbocycles. The Labute approximate surface area is 136 Å². The van der Waals surface area contributed by atoms with E-state index >= 15 is 0 Å². The fraction of sp³-hybridized carbons (Fsp3) is 0.588. The van der Waals surface area contributed by atoms with Crippen LogP contribution in [0.2, 0.25) is 0 Å². The smallest absolute Gasteiger partial charge is 0.321 e. The predicted molar refractivity (Wildman–Crippen MR) is 90.8 cm³/mol. The van der Waals surface area contributed by atoms with Gasteiger partial charge in [0, 0.05) is 5.75 Å². The van der Waals surface area contributed by atoms with Crippen molar-refractivity contribution in [2.24, 2.45) is 0 Å². The van der Waals surface area contributed by atoms with Crippen LogP contribution in [0.5, 0.6) is 5.75 Å². The summed E-state index contributed by atoms with van der Waals surface area (Å²) in [6.07, 6.45) is 1.00. The summed E-state index contributed by atoms with van der Waals surface area (Å²) in [6.45, 7) is 9.16. The third-order valence-corrected chi connectivity index (χ3v) is 5.00. The molecule has 1 aromatic rings. The second kappa shape index (κ2) is 6.92. The summed E-state index contributed by atoms with van der Waals surface area (Å²) in [5.74, 6) is 0.688. The van der Waals surface area contributed by atoms with E-state index in [1.54, 1.807) is 11.8 Å². The molecule has 122 valence electrons. The van der Waals surface area contributed by atoms with E-state index in [9.17, 15) is 4.79 Å². The molecule has 1 aliphatic rings. The van der Waals surface area contributed by atoms with E-state index in [2.05, 4.69) is 45.1 Å². The maximum absolute atomic E-state index is 11.0. The van der Waals surface area contributed by atoms with Crippen molar-refractivity contribution in [3.05, 3.63) is 29.3 Å². The molecule has 2 N–H and O–H groups in total. The third-order valence-electron chi connectivity index (χ3n) is 3.80. The van der Waals surface area contributed by atoms with E-state index in [0.717, 1.165) is 12.2 Å². The number of carboxylic acids is 1. The molecule has 0 radical (unpaired) electrons. The van der Waals surface area contributed by atoms with Crippen LogP contribution < -0.4 is 10.1 Å². The molecule has 1 saturated heterocycles. The Bertz CT molecular complexity index is 539. The molecule has 2 unspecified atom stereocenters. The minimum atomic E-state index is -0.794. The van der Waals surface area contributed by atoms with Gasteiger partial charge in [-0.05, 0) is 29.0 Å². The van der Waals surface area contributed by atoms with Gasteiger partial charge in [0.15, 0.2) is 0 Å². The number of carboxylic acid groups (broad SMARTS) is 1. The summed E-state index contributed by atoms with van der Waals surface area (Å²) >= 11 is 1.60. The van der Waals surface area contributed by atoms with Crippen LogP contribution in [0.25, 0.3) is 0 Å². The molecule has 0 aromatic heterocycles. The predicted octanol–water partition coefficient (Wildman–Crippen LogP) is 3.04. The molecule has 0 saturated carbocycles. The van der Waals surface area contributed by atoms with Gasteiger partial charge in [0.2, 0.25) is 0 Å². The first-order valence-corrected chi connectivity index (χ1v) is 8.72. The maximum atomic E-state index is 11.0. The molecule has 5 heteroatoms. The number of rotatable bonds is 5. The minimum absolute atomic E-state index is 0.0142. The second-order valence-corrected chi connectivity index (χ2v) is 7.86. The normalized spacial score (nSPS) is 21.8. The number of nitrogens with one attached hydrogen (secondary N) is 1. The van der Waals surface area contributed by atoms with Gasteiger partial charge in [-0.25, -0.2) is 0 Å². The Hall–Kier alpha value is -1.20. The van der Waals surface area contributed by atoms with Gasteiger partial charge >= 0.3 is 5.97 Å². The van der Waals surface area contributed by atoms with Crippen LogP contribution in [-0.4, -0.2) is 34.9 Å². The first-order valence-electron chi connectivity index (χ1n) is 7.68. The lowest BCUT2D eigenvalue weighted by Gasteiger charge is -2.24. The Kier molecular flexibility index (Phi) is 5.40. The summed E-state index contributed by atoms with van der Waals surface area (Å²) < 4.78 is 6.00. The first-order chi connectivity index (χ1) is 10.3. The zero-order valence-corrected chi connectivity index (χ0v) is 14.5. The molecule has 0 amide bonds. The molecule has 2 atom stereocenters. The van der Waals surface area contributed by atoms with Gasteiger partial charge < -0.3 is 9.84 Å². The molecular formula is C17H25NO3S. The number of thioether (sulfide) groups is 1. The molecule has 0 spiro atoms. The van der Waals surface area contributed by atoms with Crippen molar-refractivity contribution in [3.8, 4) is 5.75 Å². The average molecular weight is 323 g/mol. The van der Waals surface area contributed by atoms with E-state index in [1.165, 1.54) is 11.1 Å². The standard InChI is InChI=1S/C17H25NO3S/c1-5-11-6-7-14(12(8-11)17(2,3)4)21-9-15-18-13(10-22-15)16(19)20/h6-8,13,15,18H,5,9-10H2,1-4H3,(H,19,20). The molecule has 0 bridgehead atoms. The second-order valence-electron chi connectivity index (χ2n) is 6.62. The Morgan fingerprint density at radius 2 is 2.18 bits per heavy atom. The van der Waals surface area contributed by atoms with Crippen LogP contribution in [0.3, 0.4) is 0 Å². The number of ether oxygens (including phenoxy) is 1. The van der Waals surface area contributed by atoms with E-state index in [4.69, 9.17) is 9.84 Å². The van der Waals surface area contributed by atoms with Crippen molar-refractivity contribution in [1.29, 1.82) is 0 Å². The van der Waals surface area contributed by atoms with Crippen LogP contribution >= 0.6 is 11.8 Å². The van der Waals surface area contributed by atoms with Gasteiger partial charge in [0.1, 0.15) is 18.4 Å². The zero-order valence-electron chi connectivity index (χ0n) is 13.7. The van der Waals surface area contributed by atoms with Gasteiger partial charge in [-0.2, -0.15) is 0 Å². The minimum Gasteiger partial charge on any atom is -0.491 e. The van der Waals surface area contributed by atoms with Crippen LogP contribution in [0.15, 0.2) is 18.2 Å². The number of benzene rings is 1. The number of aryl methyl sites for hydroxylation is 1. The first kappa shape index (κ1) is 17.2. The molecular weight excluding hydrogens is 298 g/mol. The van der Waals surface area contributed by atoms with E-state index in [-0.39, 0.29) is 10.8 Å². The fourth-order valence-electron chi connectivity index (χ4n) is 2.45. The highest BCUT2D eigenvalue weighted by Crippen LogP contribution is 2.33. The van der Waals surface area contributed by atoms with E-state index in [0.29, 0.717) is 12.4 Å². The van der Waals surface area contributed by atoms with E-state index < -0.39 is 12.0 Å². The quantitative estimate of drug-likeness (QED) is 0.872. The number of hydrogen-bond acceptors (Lipinski definition) is 4. The topological polar surface area (TPSA) is 58.6 Å². The van der Waals surface area contributed by atoms with Gasteiger partial charge in [0.25, 0.3) is 0 Å². The van der Waals surface area contributed by atoms with Crippen molar-refractivity contribution in [1.82, 2.24) is 5.32 Å². The lowest BCUT2D eigenvalue weighted by Crippen LogP contribution is -2.38. The highest BCUT2D eigenvalue weighted by atomic mass is 32.2. The number of carbonyl (C=O) groups is 1. The number of hydrogen-bond donors (Lipinski definition) is 2. The average Bonchev–Trinajstić information content (AvgIpc) is 2.93. The highest BCUT2D eigenvalue weighted by molar-refractivity contribution is 8.00. The summed E-state index contributed by atoms with van der Waals surface area (Å²) in [6, 6.07) is 5.88. The molecule has 1 aliphatic heterocycles. The van der Waals surface area contributed by atoms with Gasteiger partial charge in [-0.1, -0.05) is 39.8 Å². The maximum Gasteiger partial charge on any atom is 0.321 e. The van der Waals surface area contributed by atoms with Gasteiger partial charge in [-0.15, -0.1) is 11.8 Å². The molecule has 1 heterocycles. The molecule has 0 aliphatic carbocycles. The van der Waals surface area contributed by atoms with Crippen molar-refractivity contribution in [2.45, 2.75) is 50.9 Å². The Balaban J connectivity index is 2.05. The van der Waals surface area contributed by atoms with Gasteiger partial charge in [-0.3, -0.25) is 10.1 Å². The summed E-state index contributed by atoms with van der Waals surface area (Å²) in [7, 11) is 0. The van der Waals surface area contributed by atoms with Crippen LogP contribution in [0.1, 0.15) is 38.8 Å². The van der Waals surface area contributed by atoms with Crippen LogP contribution in [-0.2, 0) is 16.6 Å². The third kappa shape index (κ3) is 4.17. The lowest BCUT2D eigenvalue weighted by molar-refractivity contribution is -0.138. The largest absolute Gasteiger partial charge is 0.491 e. The summed E-state index contributed by atoms with van der Waals surface area (Å²) in [5.41, 5.74) is 2.52. The van der Waals surface area contributed by atoms with Crippen molar-refractivity contribution >= 4 is 17.7 Å². The Morgan fingerprint density at radius 1 is 1.45 bits per heavy atom. The summed E-state index contributed by atoms with van der Waals surface area (Å²) in [5, 5.41) is 12.1. The van der Waals surface area contributed by atoms with Crippen molar-refractivity contribution < 1.29 is 14.6 Å². The highest BCUT2D eigenvalue weighted by Gasteiger charge is 2.30. The summed E-state index contributed by atoms with van der Waals surface area (Å²) in [4.78, 5) is 11.0. The molecule has 4 nitrogen and oxygen atoms in total. The zero-order chi connectivity index (χ0) is 16.3. The molecule has 22 heavy (non-hydrogen) atoms. The van der Waals surface area contributed by atoms with Crippen molar-refractivity contribution in [2.75, 3.05) is 12.4 Å². The van der Waals surface area contributed by atoms with Gasteiger partial charge in [0.05, 0.1) is 5.37 Å². The van der Waals surface area contributed by atoms with Crippen LogP contribution in [0.4, 0.5) is 0 Å². The Morgan fingerprint density at radius 3 is 2.73 bits per heavy atom. The van der Waals surface area contributed by atoms with Crippen LogP contribution in [0, 0.1) is 0 Å². The van der Waals surface area contributed by atoms with Crippen molar-refractivity contribution in [3.63, 3.8) is 0 Å².